The van der Waals surface area contributed by atoms with Gasteiger partial charge >= 0.3 is 0 Å². The third kappa shape index (κ3) is 3.86. The lowest BCUT2D eigenvalue weighted by atomic mass is 10.0. The summed E-state index contributed by atoms with van der Waals surface area (Å²) in [6.45, 7) is 0. The Balaban J connectivity index is 1.57. The van der Waals surface area contributed by atoms with Crippen LogP contribution in [0.1, 0.15) is 21.5 Å². The van der Waals surface area contributed by atoms with Crippen molar-refractivity contribution in [3.8, 4) is 5.69 Å². The van der Waals surface area contributed by atoms with Gasteiger partial charge in [-0.3, -0.25) is 4.79 Å². The summed E-state index contributed by atoms with van der Waals surface area (Å²) in [6, 6.07) is 26.6. The van der Waals surface area contributed by atoms with Crippen LogP contribution in [0, 0.1) is 0 Å². The van der Waals surface area contributed by atoms with Crippen LogP contribution in [-0.4, -0.2) is 26.4 Å². The van der Waals surface area contributed by atoms with Crippen molar-refractivity contribution < 1.29 is 4.79 Å². The molecule has 1 aromatic heterocycles. The molecule has 0 fully saturated rings. The van der Waals surface area contributed by atoms with Crippen LogP contribution in [0.15, 0.2) is 103 Å². The summed E-state index contributed by atoms with van der Waals surface area (Å²) >= 11 is 0. The van der Waals surface area contributed by atoms with Gasteiger partial charge < -0.3 is 0 Å². The highest BCUT2D eigenvalue weighted by Gasteiger charge is 2.09. The highest BCUT2D eigenvalue weighted by molar-refractivity contribution is 6.13. The largest absolute Gasteiger partial charge is 0.271 e. The first-order valence-corrected chi connectivity index (χ1v) is 8.75. The average Bonchev–Trinajstić information content (AvgIpc) is 3.30. The summed E-state index contributed by atoms with van der Waals surface area (Å²) in [4.78, 5) is 16.5. The molecule has 0 unspecified atom stereocenters. The topological polar surface area (TPSA) is 72.2 Å². The van der Waals surface area contributed by atoms with E-state index >= 15 is 0 Å². The van der Waals surface area contributed by atoms with Gasteiger partial charge in [-0.05, 0) is 24.3 Å². The number of carbonyl (C=O) groups excluding carboxylic acids is 1. The van der Waals surface area contributed by atoms with Crippen LogP contribution in [-0.2, 0) is 0 Å². The van der Waals surface area contributed by atoms with Gasteiger partial charge in [0.15, 0.2) is 0 Å². The summed E-state index contributed by atoms with van der Waals surface area (Å²) in [5.41, 5.74) is 6.55. The first-order valence-electron chi connectivity index (χ1n) is 8.75. The third-order valence-corrected chi connectivity index (χ3v) is 4.18. The smallest absolute Gasteiger partial charge is 0.267 e. The molecule has 136 valence electrons. The van der Waals surface area contributed by atoms with Gasteiger partial charge in [0.2, 0.25) is 0 Å². The van der Waals surface area contributed by atoms with Gasteiger partial charge in [-0.2, -0.15) is 10.2 Å². The molecular formula is C22H17N5O. The Morgan fingerprint density at radius 1 is 0.786 bits per heavy atom. The second kappa shape index (κ2) is 8.09. The standard InChI is InChI=1S/C22H17N5O/c28-22(19-11-13-20(14-12-19)27-16-23-15-24-27)26-25-21(17-7-3-1-4-8-17)18-9-5-2-6-10-18/h1-16H,(H,26,28). The number of amides is 1. The molecule has 1 amide bonds. The number of hydrazone groups is 1. The van der Waals surface area contributed by atoms with Crippen molar-refractivity contribution in [2.24, 2.45) is 5.10 Å². The Kier molecular flexibility index (Phi) is 5.02. The van der Waals surface area contributed by atoms with Gasteiger partial charge in [-0.25, -0.2) is 15.1 Å². The summed E-state index contributed by atoms with van der Waals surface area (Å²) in [5, 5.41) is 8.47. The maximum atomic E-state index is 12.6. The maximum absolute atomic E-state index is 12.6. The SMILES string of the molecule is O=C(NN=C(c1ccccc1)c1ccccc1)c1ccc(-n2cncn2)cc1. The molecule has 6 heteroatoms. The molecular weight excluding hydrogens is 350 g/mol. The molecule has 0 saturated carbocycles. The zero-order valence-corrected chi connectivity index (χ0v) is 14.9. The zero-order valence-electron chi connectivity index (χ0n) is 14.9. The van der Waals surface area contributed by atoms with E-state index in [4.69, 9.17) is 0 Å². The predicted octanol–water partition coefficient (Wildman–Crippen LogP) is 3.45. The molecule has 0 atom stereocenters. The maximum Gasteiger partial charge on any atom is 0.271 e. The highest BCUT2D eigenvalue weighted by atomic mass is 16.2. The van der Waals surface area contributed by atoms with Gasteiger partial charge in [-0.1, -0.05) is 60.7 Å². The number of rotatable bonds is 5. The van der Waals surface area contributed by atoms with Crippen molar-refractivity contribution >= 4 is 11.6 Å². The fourth-order valence-electron chi connectivity index (χ4n) is 2.77. The molecule has 4 rings (SSSR count). The van der Waals surface area contributed by atoms with Crippen LogP contribution in [0.2, 0.25) is 0 Å². The van der Waals surface area contributed by atoms with Crippen LogP contribution in [0.3, 0.4) is 0 Å². The van der Waals surface area contributed by atoms with E-state index in [0.717, 1.165) is 16.8 Å². The monoisotopic (exact) mass is 367 g/mol. The molecule has 0 aliphatic heterocycles. The number of carbonyl (C=O) groups is 1. The minimum Gasteiger partial charge on any atom is -0.267 e. The van der Waals surface area contributed by atoms with Gasteiger partial charge in [0.25, 0.3) is 5.91 Å². The summed E-state index contributed by atoms with van der Waals surface area (Å²) in [5.74, 6) is -0.283. The fraction of sp³-hybridized carbons (Fsp3) is 0. The van der Waals surface area contributed by atoms with Gasteiger partial charge in [0.05, 0.1) is 11.4 Å². The number of nitrogens with one attached hydrogen (secondary N) is 1. The first-order chi connectivity index (χ1) is 13.8. The van der Waals surface area contributed by atoms with E-state index in [0.29, 0.717) is 11.3 Å². The van der Waals surface area contributed by atoms with Crippen molar-refractivity contribution in [1.29, 1.82) is 0 Å². The molecule has 0 saturated heterocycles. The Hall–Kier alpha value is -4.06. The van der Waals surface area contributed by atoms with E-state index in [1.807, 2.05) is 72.8 Å². The lowest BCUT2D eigenvalue weighted by Gasteiger charge is -2.08. The Morgan fingerprint density at radius 2 is 1.39 bits per heavy atom. The average molecular weight is 367 g/mol. The predicted molar refractivity (Wildman–Crippen MR) is 107 cm³/mol. The summed E-state index contributed by atoms with van der Waals surface area (Å²) in [6.07, 6.45) is 3.06. The van der Waals surface area contributed by atoms with Crippen molar-refractivity contribution in [2.45, 2.75) is 0 Å². The summed E-state index contributed by atoms with van der Waals surface area (Å²) in [7, 11) is 0. The van der Waals surface area contributed by atoms with E-state index in [2.05, 4.69) is 20.6 Å². The summed E-state index contributed by atoms with van der Waals surface area (Å²) < 4.78 is 1.63. The quantitative estimate of drug-likeness (QED) is 0.434. The van der Waals surface area contributed by atoms with Crippen molar-refractivity contribution in [3.05, 3.63) is 114 Å². The zero-order chi connectivity index (χ0) is 19.2. The second-order valence-electron chi connectivity index (χ2n) is 6.02. The van der Waals surface area contributed by atoms with E-state index in [-0.39, 0.29) is 5.91 Å². The van der Waals surface area contributed by atoms with E-state index in [1.54, 1.807) is 23.1 Å². The lowest BCUT2D eigenvalue weighted by molar-refractivity contribution is 0.0955. The van der Waals surface area contributed by atoms with E-state index in [9.17, 15) is 4.79 Å². The van der Waals surface area contributed by atoms with Crippen molar-refractivity contribution in [1.82, 2.24) is 20.2 Å². The minimum absolute atomic E-state index is 0.283. The van der Waals surface area contributed by atoms with Gasteiger partial charge in [-0.15, -0.1) is 0 Å². The number of benzene rings is 3. The first kappa shape index (κ1) is 17.4. The van der Waals surface area contributed by atoms with Crippen LogP contribution in [0.25, 0.3) is 5.69 Å². The van der Waals surface area contributed by atoms with Crippen LogP contribution >= 0.6 is 0 Å². The second-order valence-corrected chi connectivity index (χ2v) is 6.02. The molecule has 0 spiro atoms. The normalized spacial score (nSPS) is 10.3. The number of hydrogen-bond donors (Lipinski definition) is 1. The molecule has 28 heavy (non-hydrogen) atoms. The van der Waals surface area contributed by atoms with Crippen molar-refractivity contribution in [2.75, 3.05) is 0 Å². The molecule has 3 aromatic carbocycles. The minimum atomic E-state index is -0.283. The molecule has 0 bridgehead atoms. The Bertz CT molecular complexity index is 1030. The molecule has 0 radical (unpaired) electrons. The van der Waals surface area contributed by atoms with E-state index < -0.39 is 0 Å². The molecule has 1 N–H and O–H groups in total. The number of hydrogen-bond acceptors (Lipinski definition) is 4. The van der Waals surface area contributed by atoms with Gasteiger partial charge in [0, 0.05) is 16.7 Å². The molecule has 6 nitrogen and oxygen atoms in total. The van der Waals surface area contributed by atoms with Crippen LogP contribution < -0.4 is 5.43 Å². The van der Waals surface area contributed by atoms with Crippen LogP contribution in [0.4, 0.5) is 0 Å². The van der Waals surface area contributed by atoms with Crippen LogP contribution in [0.5, 0.6) is 0 Å². The van der Waals surface area contributed by atoms with Gasteiger partial charge in [0.1, 0.15) is 12.7 Å². The Labute approximate surface area is 162 Å². The molecule has 0 aliphatic carbocycles. The van der Waals surface area contributed by atoms with Crippen molar-refractivity contribution in [3.63, 3.8) is 0 Å². The number of aromatic nitrogens is 3. The molecule has 1 heterocycles. The fourth-order valence-corrected chi connectivity index (χ4v) is 2.77. The Morgan fingerprint density at radius 3 is 1.93 bits per heavy atom. The number of nitrogens with zero attached hydrogens (tertiary/aromatic N) is 4. The highest BCUT2D eigenvalue weighted by Crippen LogP contribution is 2.11. The molecule has 0 aliphatic rings. The third-order valence-electron chi connectivity index (χ3n) is 4.18. The lowest BCUT2D eigenvalue weighted by Crippen LogP contribution is -2.20. The van der Waals surface area contributed by atoms with E-state index in [1.165, 1.54) is 6.33 Å². The molecule has 4 aromatic rings.